The van der Waals surface area contributed by atoms with Crippen molar-refractivity contribution >= 4 is 5.82 Å². The third-order valence-electron chi connectivity index (χ3n) is 2.78. The molecule has 1 unspecified atom stereocenters. The van der Waals surface area contributed by atoms with Crippen LogP contribution in [0.1, 0.15) is 44.4 Å². The Morgan fingerprint density at radius 1 is 1.37 bits per heavy atom. The largest absolute Gasteiger partial charge is 0.433 e. The smallest absolute Gasteiger partial charge is 0.366 e. The minimum Gasteiger partial charge on any atom is -0.366 e. The summed E-state index contributed by atoms with van der Waals surface area (Å²) in [5, 5.41) is 11.8. The van der Waals surface area contributed by atoms with Crippen LogP contribution in [0.3, 0.4) is 0 Å². The lowest BCUT2D eigenvalue weighted by Crippen LogP contribution is -2.21. The fourth-order valence-electron chi connectivity index (χ4n) is 1.74. The van der Waals surface area contributed by atoms with E-state index in [9.17, 15) is 13.2 Å². The number of hydrogen-bond donors (Lipinski definition) is 1. The Kier molecular flexibility index (Phi) is 5.16. The fourth-order valence-corrected chi connectivity index (χ4v) is 1.74. The minimum atomic E-state index is -4.50. The van der Waals surface area contributed by atoms with Gasteiger partial charge in [0, 0.05) is 6.04 Å². The van der Waals surface area contributed by atoms with Gasteiger partial charge >= 0.3 is 6.18 Å². The lowest BCUT2D eigenvalue weighted by molar-refractivity contribution is -0.141. The molecule has 0 amide bonds. The predicted octanol–water partition coefficient (Wildman–Crippen LogP) is 3.96. The van der Waals surface area contributed by atoms with E-state index in [4.69, 9.17) is 5.26 Å². The molecule has 1 rings (SSSR count). The van der Waals surface area contributed by atoms with Gasteiger partial charge in [-0.1, -0.05) is 20.3 Å². The summed E-state index contributed by atoms with van der Waals surface area (Å²) in [7, 11) is 0. The maximum absolute atomic E-state index is 12.6. The van der Waals surface area contributed by atoms with E-state index >= 15 is 0 Å². The molecule has 1 aromatic rings. The van der Waals surface area contributed by atoms with Crippen molar-refractivity contribution < 1.29 is 13.2 Å². The van der Waals surface area contributed by atoms with Crippen molar-refractivity contribution in [3.63, 3.8) is 0 Å². The van der Waals surface area contributed by atoms with Gasteiger partial charge in [-0.05, 0) is 25.0 Å². The van der Waals surface area contributed by atoms with Crippen LogP contribution in [-0.4, -0.2) is 11.0 Å². The second-order valence-electron chi connectivity index (χ2n) is 4.24. The van der Waals surface area contributed by atoms with Crippen LogP contribution in [-0.2, 0) is 6.18 Å². The van der Waals surface area contributed by atoms with Gasteiger partial charge in [-0.2, -0.15) is 18.4 Å². The van der Waals surface area contributed by atoms with E-state index in [1.54, 1.807) is 0 Å². The third-order valence-corrected chi connectivity index (χ3v) is 2.78. The number of halogens is 3. The number of nitriles is 1. The van der Waals surface area contributed by atoms with Crippen LogP contribution in [0.5, 0.6) is 0 Å². The highest BCUT2D eigenvalue weighted by Crippen LogP contribution is 2.29. The quantitative estimate of drug-likeness (QED) is 0.881. The number of alkyl halides is 3. The molecule has 19 heavy (non-hydrogen) atoms. The van der Waals surface area contributed by atoms with Gasteiger partial charge in [-0.25, -0.2) is 4.98 Å². The van der Waals surface area contributed by atoms with E-state index in [0.717, 1.165) is 31.4 Å². The van der Waals surface area contributed by atoms with Crippen LogP contribution in [0.15, 0.2) is 12.1 Å². The molecule has 0 radical (unpaired) electrons. The van der Waals surface area contributed by atoms with Gasteiger partial charge in [0.05, 0.1) is 5.56 Å². The van der Waals surface area contributed by atoms with E-state index in [1.165, 1.54) is 0 Å². The first-order valence-electron chi connectivity index (χ1n) is 6.17. The third kappa shape index (κ3) is 4.12. The summed E-state index contributed by atoms with van der Waals surface area (Å²) in [6, 6.07) is 3.85. The summed E-state index contributed by atoms with van der Waals surface area (Å²) in [4.78, 5) is 3.53. The summed E-state index contributed by atoms with van der Waals surface area (Å²) in [5.74, 6) is 0.0117. The van der Waals surface area contributed by atoms with Gasteiger partial charge in [0.2, 0.25) is 0 Å². The molecule has 1 heterocycles. The van der Waals surface area contributed by atoms with Crippen molar-refractivity contribution in [2.75, 3.05) is 5.32 Å². The van der Waals surface area contributed by atoms with Crippen LogP contribution in [0.25, 0.3) is 0 Å². The maximum atomic E-state index is 12.6. The van der Waals surface area contributed by atoms with Crippen molar-refractivity contribution in [3.8, 4) is 6.07 Å². The summed E-state index contributed by atoms with van der Waals surface area (Å²) in [6.45, 7) is 3.93. The van der Waals surface area contributed by atoms with Crippen molar-refractivity contribution in [2.45, 2.75) is 45.3 Å². The molecule has 1 aromatic heterocycles. The number of aromatic nitrogens is 1. The van der Waals surface area contributed by atoms with Gasteiger partial charge in [0.1, 0.15) is 17.6 Å². The highest BCUT2D eigenvalue weighted by atomic mass is 19.4. The van der Waals surface area contributed by atoms with E-state index in [1.807, 2.05) is 19.9 Å². The topological polar surface area (TPSA) is 48.7 Å². The highest BCUT2D eigenvalue weighted by molar-refractivity contribution is 5.53. The summed E-state index contributed by atoms with van der Waals surface area (Å²) < 4.78 is 37.8. The molecule has 3 nitrogen and oxygen atoms in total. The second-order valence-corrected chi connectivity index (χ2v) is 4.24. The highest BCUT2D eigenvalue weighted by Gasteiger charge is 2.33. The number of pyridine rings is 1. The number of rotatable bonds is 5. The lowest BCUT2D eigenvalue weighted by Gasteiger charge is -2.18. The fraction of sp³-hybridized carbons (Fsp3) is 0.538. The summed E-state index contributed by atoms with van der Waals surface area (Å²) in [5.41, 5.74) is -0.858. The van der Waals surface area contributed by atoms with Crippen LogP contribution in [0, 0.1) is 11.3 Å². The normalized spacial score (nSPS) is 12.8. The zero-order chi connectivity index (χ0) is 14.5. The molecular formula is C13H16F3N3. The van der Waals surface area contributed by atoms with E-state index in [0.29, 0.717) is 0 Å². The van der Waals surface area contributed by atoms with Gasteiger partial charge in [0.15, 0.2) is 0 Å². The maximum Gasteiger partial charge on any atom is 0.433 e. The zero-order valence-electron chi connectivity index (χ0n) is 10.9. The van der Waals surface area contributed by atoms with E-state index in [2.05, 4.69) is 10.3 Å². The molecule has 0 fully saturated rings. The molecule has 104 valence electrons. The molecule has 1 atom stereocenters. The monoisotopic (exact) mass is 271 g/mol. The first-order valence-corrected chi connectivity index (χ1v) is 6.17. The minimum absolute atomic E-state index is 0.0117. The van der Waals surface area contributed by atoms with Gasteiger partial charge in [-0.3, -0.25) is 0 Å². The van der Waals surface area contributed by atoms with Crippen molar-refractivity contribution in [2.24, 2.45) is 0 Å². The van der Waals surface area contributed by atoms with Gasteiger partial charge in [-0.15, -0.1) is 0 Å². The Morgan fingerprint density at radius 3 is 2.53 bits per heavy atom. The van der Waals surface area contributed by atoms with E-state index in [-0.39, 0.29) is 17.4 Å². The molecule has 6 heteroatoms. The molecule has 0 spiro atoms. The molecule has 0 saturated heterocycles. The molecule has 0 aliphatic rings. The molecule has 0 aliphatic carbocycles. The Bertz CT molecular complexity index is 463. The van der Waals surface area contributed by atoms with Crippen LogP contribution in [0.2, 0.25) is 0 Å². The average molecular weight is 271 g/mol. The molecular weight excluding hydrogens is 255 g/mol. The molecule has 0 aromatic carbocycles. The van der Waals surface area contributed by atoms with Crippen LogP contribution >= 0.6 is 0 Å². The van der Waals surface area contributed by atoms with Gasteiger partial charge < -0.3 is 5.32 Å². The average Bonchev–Trinajstić information content (AvgIpc) is 2.37. The Morgan fingerprint density at radius 2 is 2.05 bits per heavy atom. The number of anilines is 1. The standard InChI is InChI=1S/C13H16F3N3/c1-3-5-10(4-2)18-12-9(8-17)6-7-11(19-12)13(14,15)16/h6-7,10H,3-5H2,1-2H3,(H,18,19). The Hall–Kier alpha value is -1.77. The SMILES string of the molecule is CCCC(CC)Nc1nc(C(F)(F)F)ccc1C#N. The van der Waals surface area contributed by atoms with Crippen LogP contribution in [0.4, 0.5) is 19.0 Å². The first kappa shape index (κ1) is 15.3. The second kappa shape index (κ2) is 6.41. The molecule has 0 bridgehead atoms. The molecule has 1 N–H and O–H groups in total. The zero-order valence-corrected chi connectivity index (χ0v) is 10.9. The first-order chi connectivity index (χ1) is 8.92. The number of hydrogen-bond acceptors (Lipinski definition) is 3. The van der Waals surface area contributed by atoms with Crippen molar-refractivity contribution in [1.82, 2.24) is 4.98 Å². The Labute approximate surface area is 110 Å². The van der Waals surface area contributed by atoms with Crippen LogP contribution < -0.4 is 5.32 Å². The van der Waals surface area contributed by atoms with E-state index < -0.39 is 11.9 Å². The van der Waals surface area contributed by atoms with Crippen molar-refractivity contribution in [1.29, 1.82) is 5.26 Å². The predicted molar refractivity (Wildman–Crippen MR) is 66.6 cm³/mol. The molecule has 0 saturated carbocycles. The summed E-state index contributed by atoms with van der Waals surface area (Å²) >= 11 is 0. The number of nitrogens with zero attached hydrogens (tertiary/aromatic N) is 2. The number of nitrogens with one attached hydrogen (secondary N) is 1. The summed E-state index contributed by atoms with van der Waals surface area (Å²) in [6.07, 6.45) is -2.01. The van der Waals surface area contributed by atoms with Crippen molar-refractivity contribution in [3.05, 3.63) is 23.4 Å². The lowest BCUT2D eigenvalue weighted by atomic mass is 10.1. The molecule has 0 aliphatic heterocycles. The Balaban J connectivity index is 3.06. The van der Waals surface area contributed by atoms with Gasteiger partial charge in [0.25, 0.3) is 0 Å².